The SMILES string of the molecule is CSCCC(NC(=O)c1ccc(Cl)cc1Cl)C(=O)NCCCNc1ccccc1. The van der Waals surface area contributed by atoms with Crippen molar-refractivity contribution in [2.24, 2.45) is 0 Å². The first-order chi connectivity index (χ1) is 14.0. The number of hydrogen-bond donors (Lipinski definition) is 3. The van der Waals surface area contributed by atoms with Gasteiger partial charge in [0.25, 0.3) is 5.91 Å². The maximum Gasteiger partial charge on any atom is 0.253 e. The van der Waals surface area contributed by atoms with Gasteiger partial charge < -0.3 is 16.0 Å². The zero-order chi connectivity index (χ0) is 21.1. The normalized spacial score (nSPS) is 11.6. The Hall–Kier alpha value is -1.89. The van der Waals surface area contributed by atoms with E-state index < -0.39 is 11.9 Å². The fraction of sp³-hybridized carbons (Fsp3) is 0.333. The molecule has 0 aromatic heterocycles. The van der Waals surface area contributed by atoms with E-state index in [-0.39, 0.29) is 10.9 Å². The lowest BCUT2D eigenvalue weighted by Gasteiger charge is -2.19. The lowest BCUT2D eigenvalue weighted by Crippen LogP contribution is -2.47. The molecule has 0 heterocycles. The van der Waals surface area contributed by atoms with Crippen molar-refractivity contribution in [2.45, 2.75) is 18.9 Å². The highest BCUT2D eigenvalue weighted by Crippen LogP contribution is 2.21. The summed E-state index contributed by atoms with van der Waals surface area (Å²) in [6.07, 6.45) is 3.27. The summed E-state index contributed by atoms with van der Waals surface area (Å²) in [6, 6.07) is 13.9. The van der Waals surface area contributed by atoms with Gasteiger partial charge in [0.2, 0.25) is 5.91 Å². The second kappa shape index (κ2) is 12.6. The number of anilines is 1. The average molecular weight is 454 g/mol. The molecule has 0 aliphatic rings. The van der Waals surface area contributed by atoms with Crippen molar-refractivity contribution in [3.8, 4) is 0 Å². The second-order valence-corrected chi connectivity index (χ2v) is 8.20. The molecule has 1 atom stereocenters. The smallest absolute Gasteiger partial charge is 0.253 e. The summed E-state index contributed by atoms with van der Waals surface area (Å²) < 4.78 is 0. The Kier molecular flexibility index (Phi) is 10.2. The van der Waals surface area contributed by atoms with Gasteiger partial charge in [-0.05, 0) is 55.2 Å². The van der Waals surface area contributed by atoms with Gasteiger partial charge in [0.05, 0.1) is 10.6 Å². The third-order valence-corrected chi connectivity index (χ3v) is 5.36. The number of carbonyl (C=O) groups is 2. The molecule has 0 saturated carbocycles. The Bertz CT molecular complexity index is 806. The van der Waals surface area contributed by atoms with E-state index in [0.29, 0.717) is 23.6 Å². The Morgan fingerprint density at radius 2 is 1.83 bits per heavy atom. The largest absolute Gasteiger partial charge is 0.385 e. The van der Waals surface area contributed by atoms with E-state index in [1.54, 1.807) is 23.9 Å². The molecular weight excluding hydrogens is 429 g/mol. The van der Waals surface area contributed by atoms with E-state index in [0.717, 1.165) is 24.4 Å². The predicted molar refractivity (Wildman–Crippen MR) is 123 cm³/mol. The molecule has 0 aliphatic heterocycles. The zero-order valence-corrected chi connectivity index (χ0v) is 18.5. The Morgan fingerprint density at radius 3 is 2.52 bits per heavy atom. The Balaban J connectivity index is 1.84. The molecule has 0 aliphatic carbocycles. The standard InChI is InChI=1S/C21H25Cl2N3O2S/c1-29-13-10-19(26-20(27)17-9-8-15(22)14-18(17)23)21(28)25-12-5-11-24-16-6-3-2-4-7-16/h2-4,6-9,14,19,24H,5,10-13H2,1H3,(H,25,28)(H,26,27). The maximum absolute atomic E-state index is 12.6. The molecule has 3 N–H and O–H groups in total. The van der Waals surface area contributed by atoms with E-state index in [4.69, 9.17) is 23.2 Å². The molecule has 156 valence electrons. The molecule has 2 aromatic rings. The minimum absolute atomic E-state index is 0.197. The fourth-order valence-corrected chi connectivity index (χ4v) is 3.59. The van der Waals surface area contributed by atoms with Crippen molar-refractivity contribution >= 4 is 52.5 Å². The van der Waals surface area contributed by atoms with Crippen molar-refractivity contribution in [3.63, 3.8) is 0 Å². The van der Waals surface area contributed by atoms with Crippen molar-refractivity contribution in [3.05, 3.63) is 64.1 Å². The van der Waals surface area contributed by atoms with Gasteiger partial charge in [-0.15, -0.1) is 0 Å². The maximum atomic E-state index is 12.6. The molecule has 8 heteroatoms. The summed E-state index contributed by atoms with van der Waals surface area (Å²) in [5, 5.41) is 9.69. The Labute approximate surface area is 185 Å². The number of hydrogen-bond acceptors (Lipinski definition) is 4. The van der Waals surface area contributed by atoms with Crippen LogP contribution in [-0.2, 0) is 4.79 Å². The molecule has 0 fully saturated rings. The molecule has 2 amide bonds. The van der Waals surface area contributed by atoms with Gasteiger partial charge in [-0.3, -0.25) is 9.59 Å². The van der Waals surface area contributed by atoms with Crippen LogP contribution in [0.2, 0.25) is 10.0 Å². The first-order valence-electron chi connectivity index (χ1n) is 9.32. The van der Waals surface area contributed by atoms with Crippen molar-refractivity contribution < 1.29 is 9.59 Å². The third-order valence-electron chi connectivity index (χ3n) is 4.16. The predicted octanol–water partition coefficient (Wildman–Crippen LogP) is 4.46. The number of carbonyl (C=O) groups excluding carboxylic acids is 2. The third kappa shape index (κ3) is 8.17. The molecule has 2 aromatic carbocycles. The highest BCUT2D eigenvalue weighted by atomic mass is 35.5. The van der Waals surface area contributed by atoms with Crippen LogP contribution >= 0.6 is 35.0 Å². The summed E-state index contributed by atoms with van der Waals surface area (Å²) >= 11 is 13.6. The topological polar surface area (TPSA) is 70.2 Å². The van der Waals surface area contributed by atoms with E-state index in [1.165, 1.54) is 6.07 Å². The van der Waals surface area contributed by atoms with Crippen LogP contribution in [0.15, 0.2) is 48.5 Å². The highest BCUT2D eigenvalue weighted by molar-refractivity contribution is 7.98. The molecular formula is C21H25Cl2N3O2S. The summed E-state index contributed by atoms with van der Waals surface area (Å²) in [5.41, 5.74) is 1.34. The number of thioether (sulfide) groups is 1. The fourth-order valence-electron chi connectivity index (χ4n) is 2.63. The molecule has 2 rings (SSSR count). The summed E-state index contributed by atoms with van der Waals surface area (Å²) in [7, 11) is 0. The van der Waals surface area contributed by atoms with Crippen LogP contribution < -0.4 is 16.0 Å². The summed E-state index contributed by atoms with van der Waals surface area (Å²) in [5.74, 6) is 0.165. The van der Waals surface area contributed by atoms with Crippen LogP contribution in [0.3, 0.4) is 0 Å². The molecule has 0 spiro atoms. The van der Waals surface area contributed by atoms with Crippen LogP contribution in [0.5, 0.6) is 0 Å². The van der Waals surface area contributed by atoms with E-state index in [2.05, 4.69) is 16.0 Å². The second-order valence-electron chi connectivity index (χ2n) is 6.37. The van der Waals surface area contributed by atoms with Gasteiger partial charge in [0, 0.05) is 23.8 Å². The number of halogens is 2. The summed E-state index contributed by atoms with van der Waals surface area (Å²) in [6.45, 7) is 1.26. The summed E-state index contributed by atoms with van der Waals surface area (Å²) in [4.78, 5) is 25.1. The molecule has 1 unspecified atom stereocenters. The minimum atomic E-state index is -0.622. The van der Waals surface area contributed by atoms with Crippen LogP contribution in [0.4, 0.5) is 5.69 Å². The lowest BCUT2D eigenvalue weighted by atomic mass is 10.1. The monoisotopic (exact) mass is 453 g/mol. The number of benzene rings is 2. The molecule has 29 heavy (non-hydrogen) atoms. The number of nitrogens with one attached hydrogen (secondary N) is 3. The minimum Gasteiger partial charge on any atom is -0.385 e. The Morgan fingerprint density at radius 1 is 1.07 bits per heavy atom. The highest BCUT2D eigenvalue weighted by Gasteiger charge is 2.22. The number of para-hydroxylation sites is 1. The zero-order valence-electron chi connectivity index (χ0n) is 16.2. The van der Waals surface area contributed by atoms with Gasteiger partial charge in [-0.25, -0.2) is 0 Å². The molecule has 0 bridgehead atoms. The van der Waals surface area contributed by atoms with Gasteiger partial charge in [0.15, 0.2) is 0 Å². The van der Waals surface area contributed by atoms with Crippen LogP contribution in [0.25, 0.3) is 0 Å². The average Bonchev–Trinajstić information content (AvgIpc) is 2.71. The molecule has 0 radical (unpaired) electrons. The van der Waals surface area contributed by atoms with Gasteiger partial charge in [-0.1, -0.05) is 41.4 Å². The van der Waals surface area contributed by atoms with Crippen LogP contribution in [-0.4, -0.2) is 43.0 Å². The molecule has 0 saturated heterocycles. The van der Waals surface area contributed by atoms with Crippen molar-refractivity contribution in [1.29, 1.82) is 0 Å². The number of amides is 2. The van der Waals surface area contributed by atoms with Crippen LogP contribution in [0.1, 0.15) is 23.2 Å². The first-order valence-corrected chi connectivity index (χ1v) is 11.5. The van der Waals surface area contributed by atoms with E-state index in [9.17, 15) is 9.59 Å². The van der Waals surface area contributed by atoms with Crippen molar-refractivity contribution in [2.75, 3.05) is 30.4 Å². The van der Waals surface area contributed by atoms with E-state index >= 15 is 0 Å². The van der Waals surface area contributed by atoms with Crippen molar-refractivity contribution in [1.82, 2.24) is 10.6 Å². The van der Waals surface area contributed by atoms with E-state index in [1.807, 2.05) is 36.6 Å². The molecule has 5 nitrogen and oxygen atoms in total. The van der Waals surface area contributed by atoms with Gasteiger partial charge >= 0.3 is 0 Å². The van der Waals surface area contributed by atoms with Gasteiger partial charge in [0.1, 0.15) is 6.04 Å². The van der Waals surface area contributed by atoms with Crippen LogP contribution in [0, 0.1) is 0 Å². The quantitative estimate of drug-likeness (QED) is 0.439. The van der Waals surface area contributed by atoms with Gasteiger partial charge in [-0.2, -0.15) is 11.8 Å². The number of rotatable bonds is 11. The first kappa shape index (κ1) is 23.4. The lowest BCUT2D eigenvalue weighted by molar-refractivity contribution is -0.123.